The van der Waals surface area contributed by atoms with E-state index in [0.717, 1.165) is 11.3 Å². The van der Waals surface area contributed by atoms with E-state index in [-0.39, 0.29) is 6.54 Å². The Balaban J connectivity index is 2.42. The van der Waals surface area contributed by atoms with Crippen LogP contribution in [0.5, 0.6) is 0 Å². The number of aromatic nitrogens is 2. The fourth-order valence-corrected chi connectivity index (χ4v) is 1.39. The fourth-order valence-electron chi connectivity index (χ4n) is 1.39. The molecule has 0 unspecified atom stereocenters. The van der Waals surface area contributed by atoms with Gasteiger partial charge in [0.25, 0.3) is 0 Å². The molecule has 0 fully saturated rings. The Morgan fingerprint density at radius 3 is 2.78 bits per heavy atom. The average molecular weight is 265 g/mol. The second-order valence-electron chi connectivity index (χ2n) is 3.67. The van der Waals surface area contributed by atoms with Crippen LogP contribution in [0.25, 0.3) is 0 Å². The smallest absolute Gasteiger partial charge is 0.422 e. The average Bonchev–Trinajstić information content (AvgIpc) is 2.63. The van der Waals surface area contributed by atoms with Gasteiger partial charge >= 0.3 is 12.3 Å². The molecule has 8 heteroatoms. The molecule has 1 rings (SSSR count). The van der Waals surface area contributed by atoms with Crippen molar-refractivity contribution in [3.8, 4) is 0 Å². The van der Waals surface area contributed by atoms with E-state index in [1.54, 1.807) is 17.9 Å². The molecule has 102 valence electrons. The highest BCUT2D eigenvalue weighted by Gasteiger charge is 2.29. The third-order valence-electron chi connectivity index (χ3n) is 2.12. The Hall–Kier alpha value is -1.73. The summed E-state index contributed by atoms with van der Waals surface area (Å²) in [5.74, 6) is 0. The topological polar surface area (TPSA) is 56.2 Å². The van der Waals surface area contributed by atoms with Crippen molar-refractivity contribution in [1.82, 2.24) is 15.1 Å². The summed E-state index contributed by atoms with van der Waals surface area (Å²) >= 11 is 0. The molecule has 1 N–H and O–H groups in total. The SMILES string of the molecule is CCc1nn(C)cc1CNC(=O)OCC(F)(F)F. The van der Waals surface area contributed by atoms with Gasteiger partial charge in [0.05, 0.1) is 5.69 Å². The summed E-state index contributed by atoms with van der Waals surface area (Å²) in [6, 6.07) is 0. The predicted molar refractivity (Wildman–Crippen MR) is 56.8 cm³/mol. The lowest BCUT2D eigenvalue weighted by atomic mass is 10.2. The van der Waals surface area contributed by atoms with Crippen LogP contribution in [0.1, 0.15) is 18.2 Å². The highest BCUT2D eigenvalue weighted by Crippen LogP contribution is 2.14. The van der Waals surface area contributed by atoms with Crippen LogP contribution in [0, 0.1) is 0 Å². The van der Waals surface area contributed by atoms with E-state index in [1.807, 2.05) is 6.92 Å². The number of rotatable bonds is 4. The molecule has 1 amide bonds. The third kappa shape index (κ3) is 4.64. The number of hydrogen-bond acceptors (Lipinski definition) is 3. The molecule has 0 bridgehead atoms. The van der Waals surface area contributed by atoms with E-state index in [4.69, 9.17) is 0 Å². The molecular formula is C10H14F3N3O2. The number of amides is 1. The molecule has 0 saturated heterocycles. The van der Waals surface area contributed by atoms with E-state index in [0.29, 0.717) is 6.42 Å². The van der Waals surface area contributed by atoms with Crippen LogP contribution in [0.3, 0.4) is 0 Å². The summed E-state index contributed by atoms with van der Waals surface area (Å²) in [6.45, 7) is 0.397. The maximum Gasteiger partial charge on any atom is 0.422 e. The molecule has 5 nitrogen and oxygen atoms in total. The lowest BCUT2D eigenvalue weighted by Crippen LogP contribution is -2.28. The van der Waals surface area contributed by atoms with Gasteiger partial charge in [-0.15, -0.1) is 0 Å². The van der Waals surface area contributed by atoms with Crippen LogP contribution < -0.4 is 5.32 Å². The Labute approximate surface area is 102 Å². The molecule has 1 aromatic rings. The van der Waals surface area contributed by atoms with Gasteiger partial charge in [-0.2, -0.15) is 18.3 Å². The number of carbonyl (C=O) groups excluding carboxylic acids is 1. The zero-order valence-corrected chi connectivity index (χ0v) is 10.0. The van der Waals surface area contributed by atoms with Crippen molar-refractivity contribution in [2.24, 2.45) is 7.05 Å². The summed E-state index contributed by atoms with van der Waals surface area (Å²) in [7, 11) is 1.73. The minimum atomic E-state index is -4.51. The highest BCUT2D eigenvalue weighted by molar-refractivity contribution is 5.67. The molecule has 0 aliphatic rings. The van der Waals surface area contributed by atoms with E-state index in [2.05, 4.69) is 15.2 Å². The Morgan fingerprint density at radius 2 is 2.22 bits per heavy atom. The molecule has 0 spiro atoms. The van der Waals surface area contributed by atoms with Crippen molar-refractivity contribution in [3.05, 3.63) is 17.5 Å². The van der Waals surface area contributed by atoms with Crippen molar-refractivity contribution < 1.29 is 22.7 Å². The quantitative estimate of drug-likeness (QED) is 0.902. The van der Waals surface area contributed by atoms with Gasteiger partial charge in [-0.3, -0.25) is 4.68 Å². The first-order valence-electron chi connectivity index (χ1n) is 5.30. The van der Waals surface area contributed by atoms with Gasteiger partial charge < -0.3 is 10.1 Å². The predicted octanol–water partition coefficient (Wildman–Crippen LogP) is 1.77. The summed E-state index contributed by atoms with van der Waals surface area (Å²) in [5, 5.41) is 6.38. The maximum absolute atomic E-state index is 11.8. The van der Waals surface area contributed by atoms with Gasteiger partial charge in [0.2, 0.25) is 0 Å². The standard InChI is InChI=1S/C10H14F3N3O2/c1-3-8-7(5-16(2)15-8)4-14-9(17)18-6-10(11,12)13/h5H,3-4,6H2,1-2H3,(H,14,17). The minimum absolute atomic E-state index is 0.0910. The van der Waals surface area contributed by atoms with E-state index in [1.165, 1.54) is 0 Å². The number of alkyl carbamates (subject to hydrolysis) is 1. The molecule has 0 atom stereocenters. The lowest BCUT2D eigenvalue weighted by Gasteiger charge is -2.08. The molecule has 1 heterocycles. The molecule has 0 saturated carbocycles. The molecule has 0 aliphatic heterocycles. The number of alkyl halides is 3. The van der Waals surface area contributed by atoms with E-state index >= 15 is 0 Å². The summed E-state index contributed by atoms with van der Waals surface area (Å²) < 4.78 is 40.9. The van der Waals surface area contributed by atoms with Crippen molar-refractivity contribution >= 4 is 6.09 Å². The normalized spacial score (nSPS) is 11.4. The minimum Gasteiger partial charge on any atom is -0.440 e. The van der Waals surface area contributed by atoms with Gasteiger partial charge in [0.15, 0.2) is 6.61 Å². The largest absolute Gasteiger partial charge is 0.440 e. The monoisotopic (exact) mass is 265 g/mol. The Bertz CT molecular complexity index is 415. The number of nitrogens with one attached hydrogen (secondary N) is 1. The van der Waals surface area contributed by atoms with Gasteiger partial charge in [-0.25, -0.2) is 4.79 Å². The number of ether oxygens (including phenoxy) is 1. The molecule has 0 radical (unpaired) electrons. The molecule has 18 heavy (non-hydrogen) atoms. The number of aryl methyl sites for hydroxylation is 2. The van der Waals surface area contributed by atoms with Crippen LogP contribution in [0.2, 0.25) is 0 Å². The van der Waals surface area contributed by atoms with Crippen LogP contribution in [0.4, 0.5) is 18.0 Å². The Morgan fingerprint density at radius 1 is 1.56 bits per heavy atom. The van der Waals surface area contributed by atoms with Crippen molar-refractivity contribution in [2.45, 2.75) is 26.1 Å². The second-order valence-corrected chi connectivity index (χ2v) is 3.67. The number of nitrogens with zero attached hydrogens (tertiary/aromatic N) is 2. The van der Waals surface area contributed by atoms with Crippen LogP contribution in [-0.4, -0.2) is 28.7 Å². The van der Waals surface area contributed by atoms with Crippen molar-refractivity contribution in [3.63, 3.8) is 0 Å². The first-order chi connectivity index (χ1) is 8.31. The maximum atomic E-state index is 11.8. The second kappa shape index (κ2) is 5.74. The zero-order chi connectivity index (χ0) is 13.8. The molecule has 1 aromatic heterocycles. The zero-order valence-electron chi connectivity index (χ0n) is 10.0. The third-order valence-corrected chi connectivity index (χ3v) is 2.12. The van der Waals surface area contributed by atoms with Crippen LogP contribution >= 0.6 is 0 Å². The van der Waals surface area contributed by atoms with E-state index in [9.17, 15) is 18.0 Å². The summed E-state index contributed by atoms with van der Waals surface area (Å²) in [6.07, 6.45) is -3.24. The summed E-state index contributed by atoms with van der Waals surface area (Å²) in [5.41, 5.74) is 1.54. The first-order valence-corrected chi connectivity index (χ1v) is 5.30. The fraction of sp³-hybridized carbons (Fsp3) is 0.600. The highest BCUT2D eigenvalue weighted by atomic mass is 19.4. The molecule has 0 aliphatic carbocycles. The molecular weight excluding hydrogens is 251 g/mol. The van der Waals surface area contributed by atoms with Gasteiger partial charge in [-0.1, -0.05) is 6.92 Å². The Kier molecular flexibility index (Phi) is 4.57. The summed E-state index contributed by atoms with van der Waals surface area (Å²) in [4.78, 5) is 11.0. The van der Waals surface area contributed by atoms with Crippen molar-refractivity contribution in [2.75, 3.05) is 6.61 Å². The number of hydrogen-bond donors (Lipinski definition) is 1. The lowest BCUT2D eigenvalue weighted by molar-refractivity contribution is -0.160. The number of halogens is 3. The van der Waals surface area contributed by atoms with Gasteiger partial charge in [0.1, 0.15) is 0 Å². The van der Waals surface area contributed by atoms with Crippen LogP contribution in [0.15, 0.2) is 6.20 Å². The molecule has 0 aromatic carbocycles. The first kappa shape index (κ1) is 14.3. The van der Waals surface area contributed by atoms with Crippen LogP contribution in [-0.2, 0) is 24.8 Å². The van der Waals surface area contributed by atoms with Gasteiger partial charge in [-0.05, 0) is 6.42 Å². The van der Waals surface area contributed by atoms with Gasteiger partial charge in [0, 0.05) is 25.4 Å². The van der Waals surface area contributed by atoms with Crippen molar-refractivity contribution in [1.29, 1.82) is 0 Å². The van der Waals surface area contributed by atoms with E-state index < -0.39 is 18.9 Å². The number of carbonyl (C=O) groups is 1.